The second kappa shape index (κ2) is 12.2. The summed E-state index contributed by atoms with van der Waals surface area (Å²) in [5, 5.41) is 3.05. The van der Waals surface area contributed by atoms with Crippen LogP contribution in [0, 0.1) is 5.82 Å². The highest BCUT2D eigenvalue weighted by Crippen LogP contribution is 2.23. The molecule has 0 spiro atoms. The summed E-state index contributed by atoms with van der Waals surface area (Å²) in [5.74, 6) is -0.666. The van der Waals surface area contributed by atoms with Gasteiger partial charge in [0.05, 0.1) is 19.1 Å². The number of benzene rings is 2. The maximum Gasteiger partial charge on any atom is 0.244 e. The first kappa shape index (κ1) is 27.4. The number of rotatable bonds is 11. The van der Waals surface area contributed by atoms with Crippen LogP contribution in [0.4, 0.5) is 10.1 Å². The Labute approximate surface area is 212 Å². The highest BCUT2D eigenvalue weighted by atomic mass is 32.2. The summed E-state index contributed by atoms with van der Waals surface area (Å²) in [4.78, 5) is 28.3. The molecule has 2 aromatic rings. The molecule has 2 aromatic carbocycles. The van der Waals surface area contributed by atoms with Gasteiger partial charge in [0.2, 0.25) is 21.8 Å². The van der Waals surface area contributed by atoms with Crippen molar-refractivity contribution in [1.29, 1.82) is 0 Å². The van der Waals surface area contributed by atoms with E-state index in [-0.39, 0.29) is 18.5 Å². The predicted octanol–water partition coefficient (Wildman–Crippen LogP) is 3.47. The minimum absolute atomic E-state index is 0.0376. The third-order valence-corrected chi connectivity index (χ3v) is 7.53. The van der Waals surface area contributed by atoms with E-state index >= 15 is 0 Å². The SMILES string of the molecule is CCC(C(=O)NC1CCCC1)N(Cc1ccc(F)cc1)C(=O)CN(c1ccc(OC)cc1)S(C)(=O)=O. The average Bonchev–Trinajstić information content (AvgIpc) is 3.36. The Balaban J connectivity index is 1.90. The van der Waals surface area contributed by atoms with Crippen LogP contribution < -0.4 is 14.4 Å². The molecule has 2 amide bonds. The summed E-state index contributed by atoms with van der Waals surface area (Å²) in [6, 6.07) is 11.3. The lowest BCUT2D eigenvalue weighted by Crippen LogP contribution is -2.53. The van der Waals surface area contributed by atoms with Gasteiger partial charge in [-0.15, -0.1) is 0 Å². The molecule has 0 aliphatic heterocycles. The number of carbonyl (C=O) groups is 2. The van der Waals surface area contributed by atoms with Gasteiger partial charge in [-0.2, -0.15) is 0 Å². The van der Waals surface area contributed by atoms with Gasteiger partial charge >= 0.3 is 0 Å². The quantitative estimate of drug-likeness (QED) is 0.491. The maximum absolute atomic E-state index is 13.7. The molecule has 36 heavy (non-hydrogen) atoms. The summed E-state index contributed by atoms with van der Waals surface area (Å²) in [6.45, 7) is 1.36. The second-order valence-corrected chi connectivity index (χ2v) is 10.9. The van der Waals surface area contributed by atoms with Crippen LogP contribution in [-0.4, -0.2) is 57.1 Å². The van der Waals surface area contributed by atoms with E-state index in [1.165, 1.54) is 24.1 Å². The minimum Gasteiger partial charge on any atom is -0.497 e. The number of halogens is 1. The van der Waals surface area contributed by atoms with Crippen LogP contribution in [0.3, 0.4) is 0 Å². The molecule has 10 heteroatoms. The lowest BCUT2D eigenvalue weighted by molar-refractivity contribution is -0.140. The lowest BCUT2D eigenvalue weighted by Gasteiger charge is -2.33. The van der Waals surface area contributed by atoms with Crippen LogP contribution >= 0.6 is 0 Å². The van der Waals surface area contributed by atoms with Crippen LogP contribution in [0.1, 0.15) is 44.6 Å². The maximum atomic E-state index is 13.7. The Morgan fingerprint density at radius 3 is 2.22 bits per heavy atom. The van der Waals surface area contributed by atoms with E-state index in [2.05, 4.69) is 5.32 Å². The molecule has 8 nitrogen and oxygen atoms in total. The third-order valence-electron chi connectivity index (χ3n) is 6.39. The smallest absolute Gasteiger partial charge is 0.244 e. The number of anilines is 1. The van der Waals surface area contributed by atoms with Crippen LogP contribution in [0.2, 0.25) is 0 Å². The van der Waals surface area contributed by atoms with Crippen molar-refractivity contribution < 1.29 is 27.1 Å². The van der Waals surface area contributed by atoms with Crippen molar-refractivity contribution in [1.82, 2.24) is 10.2 Å². The highest BCUT2D eigenvalue weighted by molar-refractivity contribution is 7.92. The lowest BCUT2D eigenvalue weighted by atomic mass is 10.1. The largest absolute Gasteiger partial charge is 0.497 e. The summed E-state index contributed by atoms with van der Waals surface area (Å²) in [6.07, 6.45) is 5.25. The fourth-order valence-electron chi connectivity index (χ4n) is 4.44. The molecule has 1 unspecified atom stereocenters. The van der Waals surface area contributed by atoms with Crippen molar-refractivity contribution in [3.05, 3.63) is 59.9 Å². The molecular formula is C26H34FN3O5S. The molecule has 0 radical (unpaired) electrons. The number of nitrogens with zero attached hydrogens (tertiary/aromatic N) is 2. The third kappa shape index (κ3) is 7.19. The average molecular weight is 520 g/mol. The summed E-state index contributed by atoms with van der Waals surface area (Å²) < 4.78 is 44.9. The van der Waals surface area contributed by atoms with Crippen LogP contribution in [-0.2, 0) is 26.2 Å². The number of ether oxygens (including phenoxy) is 1. The predicted molar refractivity (Wildman–Crippen MR) is 137 cm³/mol. The van der Waals surface area contributed by atoms with Gasteiger partial charge in [0.25, 0.3) is 0 Å². The molecule has 0 aromatic heterocycles. The standard InChI is InChI=1S/C26H34FN3O5S/c1-4-24(26(32)28-21-7-5-6-8-21)29(17-19-9-11-20(27)12-10-19)25(31)18-30(36(3,33)34)22-13-15-23(35-2)16-14-22/h9-16,21,24H,4-8,17-18H2,1-3H3,(H,28,32). The molecule has 0 saturated heterocycles. The number of nitrogens with one attached hydrogen (secondary N) is 1. The molecule has 196 valence electrons. The molecule has 1 aliphatic rings. The second-order valence-electron chi connectivity index (χ2n) is 9.03. The molecule has 1 fully saturated rings. The topological polar surface area (TPSA) is 96.0 Å². The van der Waals surface area contributed by atoms with E-state index in [0.717, 1.165) is 36.2 Å². The van der Waals surface area contributed by atoms with Gasteiger partial charge in [-0.3, -0.25) is 13.9 Å². The number of methoxy groups -OCH3 is 1. The van der Waals surface area contributed by atoms with Crippen molar-refractivity contribution in [3.63, 3.8) is 0 Å². The number of amides is 2. The van der Waals surface area contributed by atoms with Gasteiger partial charge in [0.15, 0.2) is 0 Å². The van der Waals surface area contributed by atoms with E-state index in [1.54, 1.807) is 36.4 Å². The number of sulfonamides is 1. The van der Waals surface area contributed by atoms with Gasteiger partial charge in [-0.05, 0) is 61.2 Å². The van der Waals surface area contributed by atoms with E-state index < -0.39 is 34.3 Å². The number of hydrogen-bond acceptors (Lipinski definition) is 5. The molecule has 1 atom stereocenters. The minimum atomic E-state index is -3.82. The van der Waals surface area contributed by atoms with E-state index in [9.17, 15) is 22.4 Å². The zero-order valence-corrected chi connectivity index (χ0v) is 21.8. The molecule has 0 bridgehead atoms. The Hall–Kier alpha value is -3.14. The first-order valence-corrected chi connectivity index (χ1v) is 13.9. The van der Waals surface area contributed by atoms with Gasteiger partial charge in [-0.1, -0.05) is 31.9 Å². The zero-order chi connectivity index (χ0) is 26.3. The first-order chi connectivity index (χ1) is 17.1. The Morgan fingerprint density at radius 2 is 1.69 bits per heavy atom. The summed E-state index contributed by atoms with van der Waals surface area (Å²) in [5.41, 5.74) is 0.934. The molecule has 1 saturated carbocycles. The number of carbonyl (C=O) groups excluding carboxylic acids is 2. The highest BCUT2D eigenvalue weighted by Gasteiger charge is 2.33. The van der Waals surface area contributed by atoms with Crippen LogP contribution in [0.25, 0.3) is 0 Å². The van der Waals surface area contributed by atoms with Gasteiger partial charge < -0.3 is 15.0 Å². The molecule has 3 rings (SSSR count). The van der Waals surface area contributed by atoms with E-state index in [4.69, 9.17) is 4.74 Å². The van der Waals surface area contributed by atoms with Crippen LogP contribution in [0.5, 0.6) is 5.75 Å². The normalized spacial score (nSPS) is 14.8. The summed E-state index contributed by atoms with van der Waals surface area (Å²) in [7, 11) is -2.32. The summed E-state index contributed by atoms with van der Waals surface area (Å²) >= 11 is 0. The zero-order valence-electron chi connectivity index (χ0n) is 20.9. The Kier molecular flexibility index (Phi) is 9.31. The monoisotopic (exact) mass is 519 g/mol. The van der Waals surface area contributed by atoms with Crippen molar-refractivity contribution in [2.24, 2.45) is 0 Å². The Morgan fingerprint density at radius 1 is 1.08 bits per heavy atom. The molecular weight excluding hydrogens is 485 g/mol. The van der Waals surface area contributed by atoms with Gasteiger partial charge in [-0.25, -0.2) is 12.8 Å². The van der Waals surface area contributed by atoms with Gasteiger partial charge in [0.1, 0.15) is 24.2 Å². The van der Waals surface area contributed by atoms with Crippen molar-refractivity contribution in [3.8, 4) is 5.75 Å². The van der Waals surface area contributed by atoms with Crippen molar-refractivity contribution in [2.45, 2.75) is 57.7 Å². The van der Waals surface area contributed by atoms with Crippen molar-refractivity contribution >= 4 is 27.5 Å². The van der Waals surface area contributed by atoms with E-state index in [0.29, 0.717) is 23.4 Å². The molecule has 0 heterocycles. The molecule has 1 N–H and O–H groups in total. The fourth-order valence-corrected chi connectivity index (χ4v) is 5.29. The fraction of sp³-hybridized carbons (Fsp3) is 0.462. The number of hydrogen-bond donors (Lipinski definition) is 1. The van der Waals surface area contributed by atoms with Crippen molar-refractivity contribution in [2.75, 3.05) is 24.2 Å². The van der Waals surface area contributed by atoms with E-state index in [1.807, 2.05) is 6.92 Å². The molecule has 1 aliphatic carbocycles. The van der Waals surface area contributed by atoms with Crippen LogP contribution in [0.15, 0.2) is 48.5 Å². The first-order valence-electron chi connectivity index (χ1n) is 12.1. The van der Waals surface area contributed by atoms with Gasteiger partial charge in [0, 0.05) is 12.6 Å². The Bertz CT molecular complexity index is 1130.